The molecule has 0 aliphatic heterocycles. The number of aryl methyl sites for hydroxylation is 3. The first kappa shape index (κ1) is 19.0. The average Bonchev–Trinajstić information content (AvgIpc) is 3.18. The highest BCUT2D eigenvalue weighted by Gasteiger charge is 2.24. The summed E-state index contributed by atoms with van der Waals surface area (Å²) in [6, 6.07) is 0. The van der Waals surface area contributed by atoms with Crippen LogP contribution in [0.5, 0.6) is 0 Å². The van der Waals surface area contributed by atoms with Gasteiger partial charge in [0.1, 0.15) is 5.60 Å². The molecule has 0 aliphatic rings. The second-order valence-electron chi connectivity index (χ2n) is 6.43. The molecule has 0 fully saturated rings. The highest BCUT2D eigenvalue weighted by molar-refractivity contribution is 5.79. The van der Waals surface area contributed by atoms with E-state index >= 15 is 0 Å². The van der Waals surface area contributed by atoms with E-state index in [0.717, 1.165) is 31.6 Å². The minimum atomic E-state index is -1.05. The van der Waals surface area contributed by atoms with Gasteiger partial charge >= 0.3 is 0 Å². The maximum Gasteiger partial charge on any atom is 0.191 e. The van der Waals surface area contributed by atoms with Gasteiger partial charge in [0.25, 0.3) is 0 Å². The first-order chi connectivity index (χ1) is 11.9. The Labute approximate surface area is 149 Å². The van der Waals surface area contributed by atoms with E-state index in [1.807, 2.05) is 44.2 Å². The minimum Gasteiger partial charge on any atom is -0.383 e. The number of aromatic nitrogens is 4. The first-order valence-electron chi connectivity index (χ1n) is 8.63. The van der Waals surface area contributed by atoms with Crippen molar-refractivity contribution in [3.63, 3.8) is 0 Å². The van der Waals surface area contributed by atoms with Crippen LogP contribution in [0.2, 0.25) is 0 Å². The number of guanidine groups is 1. The molecule has 1 unspecified atom stereocenters. The van der Waals surface area contributed by atoms with Gasteiger partial charge in [-0.25, -0.2) is 4.99 Å². The maximum absolute atomic E-state index is 10.6. The highest BCUT2D eigenvalue weighted by Crippen LogP contribution is 2.19. The van der Waals surface area contributed by atoms with Crippen LogP contribution in [0.1, 0.15) is 31.4 Å². The van der Waals surface area contributed by atoms with Crippen LogP contribution in [0.15, 0.2) is 29.8 Å². The van der Waals surface area contributed by atoms with Gasteiger partial charge in [0, 0.05) is 44.6 Å². The van der Waals surface area contributed by atoms with Gasteiger partial charge in [-0.1, -0.05) is 0 Å². The van der Waals surface area contributed by atoms with E-state index in [9.17, 15) is 5.11 Å². The highest BCUT2D eigenvalue weighted by atomic mass is 16.3. The maximum atomic E-state index is 10.6. The normalized spacial score (nSPS) is 14.4. The lowest BCUT2D eigenvalue weighted by Gasteiger charge is -2.20. The summed E-state index contributed by atoms with van der Waals surface area (Å²) in [5, 5.41) is 25.5. The summed E-state index contributed by atoms with van der Waals surface area (Å²) in [5.41, 5.74) is 0.868. The van der Waals surface area contributed by atoms with Crippen LogP contribution in [-0.4, -0.2) is 50.3 Å². The van der Waals surface area contributed by atoms with Crippen LogP contribution in [0.4, 0.5) is 0 Å². The van der Waals surface area contributed by atoms with Crippen LogP contribution < -0.4 is 10.6 Å². The largest absolute Gasteiger partial charge is 0.383 e. The van der Waals surface area contributed by atoms with Crippen molar-refractivity contribution in [3.8, 4) is 0 Å². The molecule has 0 aromatic carbocycles. The Kier molecular flexibility index (Phi) is 6.58. The van der Waals surface area contributed by atoms with Crippen molar-refractivity contribution in [1.29, 1.82) is 0 Å². The Bertz CT molecular complexity index is 687. The number of nitrogens with one attached hydrogen (secondary N) is 2. The molecule has 2 aromatic heterocycles. The molecule has 25 heavy (non-hydrogen) atoms. The van der Waals surface area contributed by atoms with Gasteiger partial charge in [-0.05, 0) is 32.8 Å². The molecule has 2 heterocycles. The van der Waals surface area contributed by atoms with Crippen molar-refractivity contribution >= 4 is 5.96 Å². The Hall–Kier alpha value is -2.35. The molecular weight excluding hydrogens is 318 g/mol. The molecule has 0 saturated heterocycles. The molecule has 1 atom stereocenters. The molecule has 2 aromatic rings. The van der Waals surface area contributed by atoms with Crippen LogP contribution in [0.25, 0.3) is 0 Å². The molecular formula is C17H29N7O. The molecule has 0 bridgehead atoms. The molecule has 0 saturated carbocycles. The predicted octanol–water partition coefficient (Wildman–Crippen LogP) is 0.778. The van der Waals surface area contributed by atoms with Gasteiger partial charge in [-0.3, -0.25) is 9.36 Å². The van der Waals surface area contributed by atoms with E-state index in [2.05, 4.69) is 25.8 Å². The van der Waals surface area contributed by atoms with Crippen molar-refractivity contribution in [2.24, 2.45) is 12.0 Å². The van der Waals surface area contributed by atoms with Gasteiger partial charge in [0.15, 0.2) is 5.96 Å². The summed E-state index contributed by atoms with van der Waals surface area (Å²) in [7, 11) is 1.83. The predicted molar refractivity (Wildman–Crippen MR) is 98.3 cm³/mol. The lowest BCUT2D eigenvalue weighted by molar-refractivity contribution is 0.0672. The van der Waals surface area contributed by atoms with Gasteiger partial charge in [-0.15, -0.1) is 0 Å². The lowest BCUT2D eigenvalue weighted by atomic mass is 10.0. The van der Waals surface area contributed by atoms with Crippen molar-refractivity contribution in [2.45, 2.75) is 39.3 Å². The van der Waals surface area contributed by atoms with Crippen LogP contribution in [0, 0.1) is 6.92 Å². The third-order valence-corrected chi connectivity index (χ3v) is 3.83. The van der Waals surface area contributed by atoms with E-state index < -0.39 is 5.60 Å². The van der Waals surface area contributed by atoms with E-state index in [1.165, 1.54) is 5.56 Å². The van der Waals surface area contributed by atoms with Crippen molar-refractivity contribution in [2.75, 3.05) is 19.6 Å². The summed E-state index contributed by atoms with van der Waals surface area (Å²) >= 11 is 0. The quantitative estimate of drug-likeness (QED) is 0.373. The molecule has 8 heteroatoms. The van der Waals surface area contributed by atoms with Crippen molar-refractivity contribution < 1.29 is 5.11 Å². The molecule has 3 N–H and O–H groups in total. The van der Waals surface area contributed by atoms with E-state index in [1.54, 1.807) is 17.8 Å². The second kappa shape index (κ2) is 8.66. The van der Waals surface area contributed by atoms with Crippen molar-refractivity contribution in [3.05, 3.63) is 35.9 Å². The number of rotatable bonds is 8. The summed E-state index contributed by atoms with van der Waals surface area (Å²) in [6.45, 7) is 8.45. The van der Waals surface area contributed by atoms with Gasteiger partial charge in [0.2, 0.25) is 0 Å². The summed E-state index contributed by atoms with van der Waals surface area (Å²) < 4.78 is 3.61. The van der Waals surface area contributed by atoms with Crippen LogP contribution in [-0.2, 0) is 19.2 Å². The third kappa shape index (κ3) is 5.90. The SMILES string of the molecule is CCNC(=NCC(C)(O)c1cnn(C)c1)NCCCn1cc(C)cn1. The van der Waals surface area contributed by atoms with Gasteiger partial charge in [0.05, 0.1) is 18.9 Å². The fourth-order valence-electron chi connectivity index (χ4n) is 2.40. The van der Waals surface area contributed by atoms with Gasteiger partial charge in [-0.2, -0.15) is 10.2 Å². The molecule has 0 radical (unpaired) electrons. The zero-order valence-corrected chi connectivity index (χ0v) is 15.5. The zero-order chi connectivity index (χ0) is 18.3. The molecule has 138 valence electrons. The molecule has 2 rings (SSSR count). The smallest absolute Gasteiger partial charge is 0.191 e. The second-order valence-corrected chi connectivity index (χ2v) is 6.43. The fraction of sp³-hybridized carbons (Fsp3) is 0.588. The monoisotopic (exact) mass is 347 g/mol. The average molecular weight is 347 g/mol. The number of nitrogens with zero attached hydrogens (tertiary/aromatic N) is 5. The summed E-state index contributed by atoms with van der Waals surface area (Å²) in [5.74, 6) is 0.698. The molecule has 0 spiro atoms. The van der Waals surface area contributed by atoms with Gasteiger partial charge < -0.3 is 15.7 Å². The first-order valence-corrected chi connectivity index (χ1v) is 8.63. The number of aliphatic hydroxyl groups is 1. The molecule has 0 aliphatic carbocycles. The Morgan fingerprint density at radius 2 is 2.08 bits per heavy atom. The Morgan fingerprint density at radius 3 is 2.68 bits per heavy atom. The molecule has 8 nitrogen and oxygen atoms in total. The minimum absolute atomic E-state index is 0.256. The van der Waals surface area contributed by atoms with E-state index in [-0.39, 0.29) is 6.54 Å². The zero-order valence-electron chi connectivity index (χ0n) is 15.5. The number of hydrogen-bond acceptors (Lipinski definition) is 4. The Balaban J connectivity index is 1.84. The van der Waals surface area contributed by atoms with E-state index in [4.69, 9.17) is 0 Å². The number of aliphatic imine (C=N–C) groups is 1. The fourth-order valence-corrected chi connectivity index (χ4v) is 2.40. The number of hydrogen-bond donors (Lipinski definition) is 3. The lowest BCUT2D eigenvalue weighted by Crippen LogP contribution is -2.39. The standard InChI is InChI=1S/C17H29N7O/c1-5-18-16(19-7-6-8-24-11-14(2)9-22-24)20-13-17(3,25)15-10-21-23(4)12-15/h9-12,25H,5-8,13H2,1-4H3,(H2,18,19,20). The van der Waals surface area contributed by atoms with Crippen LogP contribution >= 0.6 is 0 Å². The van der Waals surface area contributed by atoms with Crippen LogP contribution in [0.3, 0.4) is 0 Å². The topological polar surface area (TPSA) is 92.3 Å². The summed E-state index contributed by atoms with van der Waals surface area (Å²) in [6.07, 6.45) is 8.30. The summed E-state index contributed by atoms with van der Waals surface area (Å²) in [4.78, 5) is 4.50. The van der Waals surface area contributed by atoms with E-state index in [0.29, 0.717) is 5.96 Å². The third-order valence-electron chi connectivity index (χ3n) is 3.83. The molecule has 0 amide bonds. The van der Waals surface area contributed by atoms with Crippen molar-refractivity contribution in [1.82, 2.24) is 30.2 Å². The Morgan fingerprint density at radius 1 is 1.28 bits per heavy atom.